The first kappa shape index (κ1) is 80.5. The lowest BCUT2D eigenvalue weighted by Crippen LogP contribution is -2.29. The third-order valence-electron chi connectivity index (χ3n) is 15.6. The van der Waals surface area contributed by atoms with Crippen LogP contribution in [0, 0.1) is 0 Å². The van der Waals surface area contributed by atoms with Crippen LogP contribution in [0.15, 0.2) is 72.9 Å². The van der Waals surface area contributed by atoms with Crippen LogP contribution in [-0.2, 0) is 32.7 Å². The number of hydrogen-bond donors (Lipinski definition) is 2. The Labute approximate surface area is 513 Å². The van der Waals surface area contributed by atoms with Gasteiger partial charge in [0.05, 0.1) is 13.2 Å². The minimum atomic E-state index is -4.40. The molecule has 0 saturated carbocycles. The molecule has 3 N–H and O–H groups in total. The van der Waals surface area contributed by atoms with Crippen molar-refractivity contribution in [2.24, 2.45) is 5.73 Å². The van der Waals surface area contributed by atoms with Gasteiger partial charge in [0.15, 0.2) is 6.10 Å². The van der Waals surface area contributed by atoms with Gasteiger partial charge in [0.1, 0.15) is 6.61 Å². The van der Waals surface area contributed by atoms with E-state index < -0.39 is 26.5 Å². The summed E-state index contributed by atoms with van der Waals surface area (Å²) in [4.78, 5) is 35.3. The van der Waals surface area contributed by atoms with Crippen LogP contribution >= 0.6 is 7.82 Å². The Kier molecular flexibility index (Phi) is 66.5. The largest absolute Gasteiger partial charge is 0.472 e. The van der Waals surface area contributed by atoms with Gasteiger partial charge in [0.25, 0.3) is 0 Å². The molecule has 2 atom stereocenters. The number of nitrogens with two attached hydrogens (primary N) is 1. The molecule has 0 aromatic carbocycles. The average molecular weight is 1180 g/mol. The molecule has 0 heterocycles. The fourth-order valence-electron chi connectivity index (χ4n) is 10.4. The summed E-state index contributed by atoms with van der Waals surface area (Å²) < 4.78 is 33.2. The molecular formula is C73H134NO8P. The highest BCUT2D eigenvalue weighted by Crippen LogP contribution is 2.43. The number of esters is 2. The van der Waals surface area contributed by atoms with Crippen LogP contribution in [0.5, 0.6) is 0 Å². The fraction of sp³-hybridized carbons (Fsp3) is 0.808. The van der Waals surface area contributed by atoms with E-state index in [1.807, 2.05) is 0 Å². The van der Waals surface area contributed by atoms with Gasteiger partial charge in [0, 0.05) is 19.4 Å². The van der Waals surface area contributed by atoms with Gasteiger partial charge in [0.2, 0.25) is 0 Å². The highest BCUT2D eigenvalue weighted by Gasteiger charge is 2.26. The maximum atomic E-state index is 12.7. The number of unbranched alkanes of at least 4 members (excludes halogenated alkanes) is 42. The van der Waals surface area contributed by atoms with E-state index in [1.54, 1.807) is 0 Å². The summed E-state index contributed by atoms with van der Waals surface area (Å²) in [5.41, 5.74) is 5.40. The van der Waals surface area contributed by atoms with Crippen molar-refractivity contribution in [3.8, 4) is 0 Å². The van der Waals surface area contributed by atoms with E-state index in [0.29, 0.717) is 6.42 Å². The van der Waals surface area contributed by atoms with Crippen molar-refractivity contribution in [1.82, 2.24) is 0 Å². The Morgan fingerprint density at radius 1 is 0.373 bits per heavy atom. The third kappa shape index (κ3) is 68.4. The van der Waals surface area contributed by atoms with Crippen LogP contribution in [0.25, 0.3) is 0 Å². The van der Waals surface area contributed by atoms with E-state index in [0.717, 1.165) is 77.0 Å². The maximum Gasteiger partial charge on any atom is 0.472 e. The number of phosphoric ester groups is 1. The van der Waals surface area contributed by atoms with Gasteiger partial charge in [-0.2, -0.15) is 0 Å². The molecule has 0 bridgehead atoms. The number of hydrogen-bond acceptors (Lipinski definition) is 8. The molecular weight excluding hydrogens is 1050 g/mol. The van der Waals surface area contributed by atoms with Crippen LogP contribution in [0.2, 0.25) is 0 Å². The van der Waals surface area contributed by atoms with Crippen molar-refractivity contribution in [3.63, 3.8) is 0 Å². The molecule has 0 saturated heterocycles. The zero-order chi connectivity index (χ0) is 60.1. The SMILES string of the molecule is CC/C=C\C/C=C\C/C=C\C/C=C\C/C=C\CCCCCCCCCCCC(=O)OC(COC(=O)CCCCCCCCCCCCCCCCCCCCCCCCCCC/C=C\CCCCCCCCCC)COP(=O)(O)OCCN. The molecule has 484 valence electrons. The molecule has 0 rings (SSSR count). The van der Waals surface area contributed by atoms with Crippen molar-refractivity contribution in [1.29, 1.82) is 0 Å². The molecule has 0 amide bonds. The summed E-state index contributed by atoms with van der Waals surface area (Å²) in [6, 6.07) is 0. The predicted octanol–water partition coefficient (Wildman–Crippen LogP) is 23.2. The lowest BCUT2D eigenvalue weighted by atomic mass is 10.0. The molecule has 0 aliphatic heterocycles. The summed E-state index contributed by atoms with van der Waals surface area (Å²) in [7, 11) is -4.40. The number of carbonyl (C=O) groups is 2. The third-order valence-corrected chi connectivity index (χ3v) is 16.6. The molecule has 0 aliphatic carbocycles. The molecule has 10 heteroatoms. The quantitative estimate of drug-likeness (QED) is 0.0264. The topological polar surface area (TPSA) is 134 Å². The smallest absolute Gasteiger partial charge is 0.462 e. The Hall–Kier alpha value is -2.55. The molecule has 0 fully saturated rings. The van der Waals surface area contributed by atoms with Crippen molar-refractivity contribution in [2.45, 2.75) is 354 Å². The normalized spacial score (nSPS) is 13.3. The van der Waals surface area contributed by atoms with E-state index in [1.165, 1.54) is 238 Å². The lowest BCUT2D eigenvalue weighted by molar-refractivity contribution is -0.161. The molecule has 9 nitrogen and oxygen atoms in total. The standard InChI is InChI=1S/C73H134NO8P/c1-3-5-7-9-11-13-15-17-19-21-23-25-27-29-30-31-32-33-34-35-36-37-38-39-40-42-43-45-47-49-51-53-55-57-59-61-63-65-72(75)79-69-71(70-81-83(77,78)80-68-67-74)82-73(76)66-64-62-60-58-56-54-52-50-48-46-44-41-28-26-24-22-20-18-16-14-12-10-8-6-4-2/h6,8,12,14,18,20-21,23-24,26,41,44,71H,3-5,7,9-11,13,15-17,19,22,25,27-40,42-43,45-70,74H2,1-2H3,(H,77,78)/b8-6-,14-12-,20-18-,23-21-,26-24-,44-41-. The van der Waals surface area contributed by atoms with Gasteiger partial charge in [-0.25, -0.2) is 4.57 Å². The highest BCUT2D eigenvalue weighted by atomic mass is 31.2. The van der Waals surface area contributed by atoms with Crippen LogP contribution in [0.4, 0.5) is 0 Å². The van der Waals surface area contributed by atoms with E-state index >= 15 is 0 Å². The Balaban J connectivity index is 3.81. The zero-order valence-electron chi connectivity index (χ0n) is 54.4. The van der Waals surface area contributed by atoms with Crippen LogP contribution in [-0.4, -0.2) is 49.3 Å². The molecule has 0 aliphatic rings. The minimum absolute atomic E-state index is 0.0511. The van der Waals surface area contributed by atoms with Gasteiger partial charge < -0.3 is 20.1 Å². The second-order valence-electron chi connectivity index (χ2n) is 23.7. The summed E-state index contributed by atoms with van der Waals surface area (Å²) >= 11 is 0. The van der Waals surface area contributed by atoms with Gasteiger partial charge in [-0.1, -0.05) is 324 Å². The van der Waals surface area contributed by atoms with E-state index in [2.05, 4.69) is 86.8 Å². The monoisotopic (exact) mass is 1180 g/mol. The maximum absolute atomic E-state index is 12.7. The Morgan fingerprint density at radius 3 is 1.00 bits per heavy atom. The molecule has 0 radical (unpaired) electrons. The first-order valence-electron chi connectivity index (χ1n) is 35.4. The van der Waals surface area contributed by atoms with Gasteiger partial charge in [-0.3, -0.25) is 18.6 Å². The summed E-state index contributed by atoms with van der Waals surface area (Å²) in [6.45, 7) is 3.67. The molecule has 83 heavy (non-hydrogen) atoms. The second-order valence-corrected chi connectivity index (χ2v) is 25.2. The van der Waals surface area contributed by atoms with Gasteiger partial charge >= 0.3 is 19.8 Å². The van der Waals surface area contributed by atoms with Crippen LogP contribution in [0.1, 0.15) is 348 Å². The van der Waals surface area contributed by atoms with Crippen molar-refractivity contribution < 1.29 is 37.6 Å². The fourth-order valence-corrected chi connectivity index (χ4v) is 11.1. The number of phosphoric acid groups is 1. The van der Waals surface area contributed by atoms with Crippen molar-refractivity contribution in [3.05, 3.63) is 72.9 Å². The summed E-state index contributed by atoms with van der Waals surface area (Å²) in [5, 5.41) is 0. The van der Waals surface area contributed by atoms with Gasteiger partial charge in [-0.05, 0) is 83.5 Å². The number of carbonyl (C=O) groups excluding carboxylic acids is 2. The average Bonchev–Trinajstić information content (AvgIpc) is 3.49. The van der Waals surface area contributed by atoms with Crippen LogP contribution < -0.4 is 5.73 Å². The zero-order valence-corrected chi connectivity index (χ0v) is 55.3. The molecule has 0 aromatic heterocycles. The Bertz CT molecular complexity index is 1590. The van der Waals surface area contributed by atoms with Crippen molar-refractivity contribution >= 4 is 19.8 Å². The number of rotatable bonds is 67. The summed E-state index contributed by atoms with van der Waals surface area (Å²) in [6.07, 6.45) is 90.1. The van der Waals surface area contributed by atoms with E-state index in [9.17, 15) is 19.0 Å². The minimum Gasteiger partial charge on any atom is -0.462 e. The van der Waals surface area contributed by atoms with Crippen LogP contribution in [0.3, 0.4) is 0 Å². The first-order valence-corrected chi connectivity index (χ1v) is 36.9. The predicted molar refractivity (Wildman–Crippen MR) is 358 cm³/mol. The van der Waals surface area contributed by atoms with E-state index in [4.69, 9.17) is 24.3 Å². The molecule has 2 unspecified atom stereocenters. The number of allylic oxidation sites excluding steroid dienone is 12. The Morgan fingerprint density at radius 2 is 0.663 bits per heavy atom. The van der Waals surface area contributed by atoms with Gasteiger partial charge in [-0.15, -0.1) is 0 Å². The second kappa shape index (κ2) is 68.6. The molecule has 0 aromatic rings. The first-order chi connectivity index (χ1) is 40.8. The van der Waals surface area contributed by atoms with E-state index in [-0.39, 0.29) is 38.6 Å². The summed E-state index contributed by atoms with van der Waals surface area (Å²) in [5.74, 6) is -0.822. The molecule has 0 spiro atoms. The lowest BCUT2D eigenvalue weighted by Gasteiger charge is -2.19. The highest BCUT2D eigenvalue weighted by molar-refractivity contribution is 7.47. The van der Waals surface area contributed by atoms with Crippen molar-refractivity contribution in [2.75, 3.05) is 26.4 Å². The number of ether oxygens (including phenoxy) is 2.